The number of ether oxygens (including phenoxy) is 1. The minimum Gasteiger partial charge on any atom is -0.379 e. The number of rotatable bonds is 4. The number of nitrogens with two attached hydrogens (primary N) is 1. The highest BCUT2D eigenvalue weighted by atomic mass is 16.5. The van der Waals surface area contributed by atoms with E-state index in [1.807, 2.05) is 0 Å². The Hall–Kier alpha value is -1.38. The molecule has 0 saturated heterocycles. The lowest BCUT2D eigenvalue weighted by Gasteiger charge is -2.24. The van der Waals surface area contributed by atoms with E-state index in [1.165, 1.54) is 29.2 Å². The van der Waals surface area contributed by atoms with Crippen LogP contribution in [0, 0.1) is 5.92 Å². The number of hydrogen-bond donors (Lipinski definition) is 1. The quantitative estimate of drug-likeness (QED) is 0.891. The first-order chi connectivity index (χ1) is 8.81. The van der Waals surface area contributed by atoms with E-state index in [0.717, 1.165) is 0 Å². The summed E-state index contributed by atoms with van der Waals surface area (Å²) in [6, 6.07) is 14.7. The van der Waals surface area contributed by atoms with E-state index in [9.17, 15) is 0 Å². The second-order valence-electron chi connectivity index (χ2n) is 5.13. The predicted molar refractivity (Wildman–Crippen MR) is 74.4 cm³/mol. The molecule has 0 amide bonds. The van der Waals surface area contributed by atoms with Crippen LogP contribution >= 0.6 is 0 Å². The van der Waals surface area contributed by atoms with Crippen molar-refractivity contribution in [3.63, 3.8) is 0 Å². The molecule has 1 aliphatic carbocycles. The fraction of sp³-hybridized carbons (Fsp3) is 0.375. The second-order valence-corrected chi connectivity index (χ2v) is 5.13. The van der Waals surface area contributed by atoms with Gasteiger partial charge in [0.2, 0.25) is 0 Å². The molecule has 3 rings (SSSR count). The summed E-state index contributed by atoms with van der Waals surface area (Å²) in [4.78, 5) is 0. The summed E-state index contributed by atoms with van der Waals surface area (Å²) in [5.74, 6) is 0.643. The van der Waals surface area contributed by atoms with Crippen LogP contribution in [0.2, 0.25) is 0 Å². The third kappa shape index (κ3) is 2.02. The van der Waals surface area contributed by atoms with Gasteiger partial charge in [-0.2, -0.15) is 0 Å². The number of methoxy groups -OCH3 is 1. The second kappa shape index (κ2) is 4.71. The average molecular weight is 241 g/mol. The Kier molecular flexibility index (Phi) is 3.06. The van der Waals surface area contributed by atoms with E-state index in [0.29, 0.717) is 5.92 Å². The molecule has 2 aromatic carbocycles. The summed E-state index contributed by atoms with van der Waals surface area (Å²) in [7, 11) is 1.77. The molecule has 0 spiro atoms. The number of benzene rings is 2. The zero-order valence-corrected chi connectivity index (χ0v) is 10.7. The first kappa shape index (κ1) is 11.7. The molecule has 1 saturated carbocycles. The Morgan fingerprint density at radius 2 is 1.83 bits per heavy atom. The zero-order chi connectivity index (χ0) is 12.5. The summed E-state index contributed by atoms with van der Waals surface area (Å²) in [6.45, 7) is 0. The summed E-state index contributed by atoms with van der Waals surface area (Å²) < 4.78 is 5.61. The number of hydrogen-bond acceptors (Lipinski definition) is 2. The van der Waals surface area contributed by atoms with Crippen LogP contribution in [0.3, 0.4) is 0 Å². The van der Waals surface area contributed by atoms with E-state index in [2.05, 4.69) is 42.5 Å². The first-order valence-corrected chi connectivity index (χ1v) is 6.57. The molecule has 94 valence electrons. The van der Waals surface area contributed by atoms with Crippen molar-refractivity contribution in [1.29, 1.82) is 0 Å². The van der Waals surface area contributed by atoms with Crippen molar-refractivity contribution in [1.82, 2.24) is 0 Å². The monoisotopic (exact) mass is 241 g/mol. The summed E-state index contributed by atoms with van der Waals surface area (Å²) in [5, 5.41) is 2.49. The van der Waals surface area contributed by atoms with E-state index in [1.54, 1.807) is 7.11 Å². The minimum atomic E-state index is -0.0337. The van der Waals surface area contributed by atoms with Crippen molar-refractivity contribution >= 4 is 10.8 Å². The van der Waals surface area contributed by atoms with Gasteiger partial charge in [-0.05, 0) is 35.1 Å². The van der Waals surface area contributed by atoms with Gasteiger partial charge in [-0.15, -0.1) is 0 Å². The molecule has 1 fully saturated rings. The van der Waals surface area contributed by atoms with Crippen LogP contribution in [0.4, 0.5) is 0 Å². The SMILES string of the molecule is COC(C1CC1)C(N)c1cccc2ccccc12. The van der Waals surface area contributed by atoms with Crippen LogP contribution in [-0.2, 0) is 4.74 Å². The van der Waals surface area contributed by atoms with E-state index in [-0.39, 0.29) is 12.1 Å². The highest BCUT2D eigenvalue weighted by Gasteiger charge is 2.36. The van der Waals surface area contributed by atoms with Gasteiger partial charge in [-0.1, -0.05) is 42.5 Å². The minimum absolute atomic E-state index is 0.0337. The maximum atomic E-state index is 6.43. The van der Waals surface area contributed by atoms with Crippen LogP contribution in [0.5, 0.6) is 0 Å². The highest BCUT2D eigenvalue weighted by molar-refractivity contribution is 5.86. The van der Waals surface area contributed by atoms with E-state index in [4.69, 9.17) is 10.5 Å². The standard InChI is InChI=1S/C16H19NO/c1-18-16(12-9-10-12)15(17)14-8-4-6-11-5-2-3-7-13(11)14/h2-8,12,15-16H,9-10,17H2,1H3. The molecule has 0 radical (unpaired) electrons. The van der Waals surface area contributed by atoms with Crippen molar-refractivity contribution < 1.29 is 4.74 Å². The molecule has 0 heterocycles. The zero-order valence-electron chi connectivity index (χ0n) is 10.7. The molecule has 2 nitrogen and oxygen atoms in total. The van der Waals surface area contributed by atoms with Gasteiger partial charge >= 0.3 is 0 Å². The lowest BCUT2D eigenvalue weighted by atomic mass is 9.94. The third-order valence-electron chi connectivity index (χ3n) is 3.90. The van der Waals surface area contributed by atoms with Crippen LogP contribution in [0.1, 0.15) is 24.4 Å². The molecule has 2 aromatic rings. The van der Waals surface area contributed by atoms with Crippen LogP contribution < -0.4 is 5.73 Å². The molecule has 2 heteroatoms. The van der Waals surface area contributed by atoms with Crippen LogP contribution in [0.25, 0.3) is 10.8 Å². The largest absolute Gasteiger partial charge is 0.379 e. The normalized spacial score (nSPS) is 18.8. The van der Waals surface area contributed by atoms with Crippen molar-refractivity contribution in [2.24, 2.45) is 11.7 Å². The van der Waals surface area contributed by atoms with E-state index >= 15 is 0 Å². The van der Waals surface area contributed by atoms with Gasteiger partial charge in [0.25, 0.3) is 0 Å². The fourth-order valence-corrected chi connectivity index (χ4v) is 2.78. The molecule has 2 N–H and O–H groups in total. The van der Waals surface area contributed by atoms with Crippen molar-refractivity contribution in [2.45, 2.75) is 25.0 Å². The number of fused-ring (bicyclic) bond motifs is 1. The van der Waals surface area contributed by atoms with Gasteiger partial charge in [-0.3, -0.25) is 0 Å². The van der Waals surface area contributed by atoms with Crippen LogP contribution in [0.15, 0.2) is 42.5 Å². The van der Waals surface area contributed by atoms with Crippen molar-refractivity contribution in [3.05, 3.63) is 48.0 Å². The molecule has 0 aliphatic heterocycles. The Balaban J connectivity index is 2.02. The topological polar surface area (TPSA) is 35.2 Å². The van der Waals surface area contributed by atoms with E-state index < -0.39 is 0 Å². The Labute approximate surface area is 108 Å². The molecule has 0 aromatic heterocycles. The molecule has 0 bridgehead atoms. The van der Waals surface area contributed by atoms with Gasteiger partial charge in [0.15, 0.2) is 0 Å². The molecular formula is C16H19NO. The van der Waals surface area contributed by atoms with Crippen molar-refractivity contribution in [2.75, 3.05) is 7.11 Å². The molecule has 18 heavy (non-hydrogen) atoms. The summed E-state index contributed by atoms with van der Waals surface area (Å²) in [5.41, 5.74) is 7.63. The fourth-order valence-electron chi connectivity index (χ4n) is 2.78. The molecule has 2 atom stereocenters. The Morgan fingerprint density at radius 3 is 2.56 bits per heavy atom. The molecule has 1 aliphatic rings. The van der Waals surface area contributed by atoms with Gasteiger partial charge in [0.05, 0.1) is 12.1 Å². The Morgan fingerprint density at radius 1 is 1.11 bits per heavy atom. The van der Waals surface area contributed by atoms with Gasteiger partial charge in [-0.25, -0.2) is 0 Å². The average Bonchev–Trinajstić information content (AvgIpc) is 3.23. The van der Waals surface area contributed by atoms with Gasteiger partial charge < -0.3 is 10.5 Å². The maximum absolute atomic E-state index is 6.43. The Bertz CT molecular complexity index is 542. The first-order valence-electron chi connectivity index (χ1n) is 6.57. The molecule has 2 unspecified atom stereocenters. The smallest absolute Gasteiger partial charge is 0.0792 e. The van der Waals surface area contributed by atoms with Crippen molar-refractivity contribution in [3.8, 4) is 0 Å². The van der Waals surface area contributed by atoms with Gasteiger partial charge in [0, 0.05) is 7.11 Å². The summed E-state index contributed by atoms with van der Waals surface area (Å²) >= 11 is 0. The highest BCUT2D eigenvalue weighted by Crippen LogP contribution is 2.40. The lowest BCUT2D eigenvalue weighted by Crippen LogP contribution is -2.30. The maximum Gasteiger partial charge on any atom is 0.0792 e. The third-order valence-corrected chi connectivity index (χ3v) is 3.90. The van der Waals surface area contributed by atoms with Gasteiger partial charge in [0.1, 0.15) is 0 Å². The molecular weight excluding hydrogens is 222 g/mol. The summed E-state index contributed by atoms with van der Waals surface area (Å²) in [6.07, 6.45) is 2.64. The van der Waals surface area contributed by atoms with Crippen LogP contribution in [-0.4, -0.2) is 13.2 Å². The predicted octanol–water partition coefficient (Wildman–Crippen LogP) is 3.26. The lowest BCUT2D eigenvalue weighted by molar-refractivity contribution is 0.0628.